The number of hydrogen-bond donors (Lipinski definition) is 0. The van der Waals surface area contributed by atoms with Crippen LogP contribution in [0.1, 0.15) is 19.5 Å². The predicted molar refractivity (Wildman–Crippen MR) is 94.4 cm³/mol. The molecule has 24 heavy (non-hydrogen) atoms. The van der Waals surface area contributed by atoms with E-state index in [2.05, 4.69) is 4.98 Å². The van der Waals surface area contributed by atoms with Crippen LogP contribution in [-0.2, 0) is 16.0 Å². The molecule has 1 atom stereocenters. The third kappa shape index (κ3) is 4.13. The molecule has 1 aromatic carbocycles. The van der Waals surface area contributed by atoms with Crippen LogP contribution in [0.15, 0.2) is 29.6 Å². The van der Waals surface area contributed by atoms with E-state index in [1.807, 2.05) is 48.4 Å². The molecule has 0 N–H and O–H groups in total. The van der Waals surface area contributed by atoms with Gasteiger partial charge in [0.05, 0.1) is 31.4 Å². The zero-order valence-electron chi connectivity index (χ0n) is 14.0. The van der Waals surface area contributed by atoms with Crippen molar-refractivity contribution in [3.05, 3.63) is 35.3 Å². The molecule has 1 amide bonds. The maximum Gasteiger partial charge on any atom is 0.228 e. The summed E-state index contributed by atoms with van der Waals surface area (Å²) in [5.41, 5.74) is 1.87. The number of carbonyl (C=O) groups is 1. The van der Waals surface area contributed by atoms with Gasteiger partial charge in [0.2, 0.25) is 5.91 Å². The molecule has 1 aromatic heterocycles. The Bertz CT molecular complexity index is 684. The minimum Gasteiger partial charge on any atom is -0.494 e. The molecule has 1 aliphatic rings. The average Bonchev–Trinajstić information content (AvgIpc) is 3.04. The monoisotopic (exact) mass is 346 g/mol. The lowest BCUT2D eigenvalue weighted by Crippen LogP contribution is -2.45. The molecule has 2 aromatic rings. The number of nitrogens with zero attached hydrogens (tertiary/aromatic N) is 2. The molecule has 3 rings (SSSR count). The number of hydrogen-bond acceptors (Lipinski definition) is 5. The highest BCUT2D eigenvalue weighted by molar-refractivity contribution is 7.13. The van der Waals surface area contributed by atoms with Gasteiger partial charge in [-0.2, -0.15) is 0 Å². The van der Waals surface area contributed by atoms with Gasteiger partial charge in [-0.25, -0.2) is 4.98 Å². The molecular weight excluding hydrogens is 324 g/mol. The van der Waals surface area contributed by atoms with E-state index in [-0.39, 0.29) is 12.0 Å². The van der Waals surface area contributed by atoms with Crippen molar-refractivity contribution in [2.45, 2.75) is 26.4 Å². The van der Waals surface area contributed by atoms with Crippen molar-refractivity contribution in [1.29, 1.82) is 0 Å². The quantitative estimate of drug-likeness (QED) is 0.835. The molecule has 1 saturated heterocycles. The fourth-order valence-corrected chi connectivity index (χ4v) is 3.52. The summed E-state index contributed by atoms with van der Waals surface area (Å²) in [7, 11) is 0. The van der Waals surface area contributed by atoms with Gasteiger partial charge in [0.15, 0.2) is 0 Å². The largest absolute Gasteiger partial charge is 0.494 e. The van der Waals surface area contributed by atoms with E-state index in [1.165, 1.54) is 0 Å². The topological polar surface area (TPSA) is 51.7 Å². The van der Waals surface area contributed by atoms with Gasteiger partial charge >= 0.3 is 0 Å². The minimum atomic E-state index is 0.109. The van der Waals surface area contributed by atoms with Crippen molar-refractivity contribution < 1.29 is 14.3 Å². The van der Waals surface area contributed by atoms with E-state index in [1.54, 1.807) is 11.3 Å². The van der Waals surface area contributed by atoms with Crippen LogP contribution in [0, 0.1) is 0 Å². The van der Waals surface area contributed by atoms with Gasteiger partial charge in [0, 0.05) is 24.0 Å². The number of ether oxygens (including phenoxy) is 2. The Hall–Kier alpha value is -1.92. The average molecular weight is 346 g/mol. The van der Waals surface area contributed by atoms with Gasteiger partial charge in [-0.15, -0.1) is 11.3 Å². The Morgan fingerprint density at radius 1 is 1.42 bits per heavy atom. The lowest BCUT2D eigenvalue weighted by atomic mass is 10.2. The molecule has 128 valence electrons. The first-order chi connectivity index (χ1) is 11.7. The fraction of sp³-hybridized carbons (Fsp3) is 0.444. The minimum absolute atomic E-state index is 0.109. The van der Waals surface area contributed by atoms with Crippen LogP contribution in [0.25, 0.3) is 10.6 Å². The highest BCUT2D eigenvalue weighted by Gasteiger charge is 2.22. The van der Waals surface area contributed by atoms with Crippen molar-refractivity contribution in [1.82, 2.24) is 9.88 Å². The number of morpholine rings is 1. The first kappa shape index (κ1) is 16.9. The van der Waals surface area contributed by atoms with Crippen LogP contribution in [0.2, 0.25) is 0 Å². The normalized spacial score (nSPS) is 17.8. The summed E-state index contributed by atoms with van der Waals surface area (Å²) >= 11 is 1.56. The zero-order valence-corrected chi connectivity index (χ0v) is 14.8. The van der Waals surface area contributed by atoms with Gasteiger partial charge in [-0.1, -0.05) is 0 Å². The van der Waals surface area contributed by atoms with Crippen molar-refractivity contribution in [2.24, 2.45) is 0 Å². The summed E-state index contributed by atoms with van der Waals surface area (Å²) in [6.45, 7) is 6.55. The third-order valence-electron chi connectivity index (χ3n) is 3.89. The Balaban J connectivity index is 1.63. The fourth-order valence-electron chi connectivity index (χ4n) is 2.69. The number of thiazole rings is 1. The Labute approximate surface area is 146 Å². The predicted octanol–water partition coefficient (Wildman–Crippen LogP) is 3.00. The Kier molecular flexibility index (Phi) is 5.48. The summed E-state index contributed by atoms with van der Waals surface area (Å²) in [6, 6.07) is 7.89. The second-order valence-corrected chi connectivity index (χ2v) is 6.66. The highest BCUT2D eigenvalue weighted by Crippen LogP contribution is 2.26. The van der Waals surface area contributed by atoms with Crippen molar-refractivity contribution in [3.63, 3.8) is 0 Å². The second-order valence-electron chi connectivity index (χ2n) is 5.80. The molecule has 1 unspecified atom stereocenters. The van der Waals surface area contributed by atoms with Gasteiger partial charge in [-0.05, 0) is 38.1 Å². The van der Waals surface area contributed by atoms with E-state index in [9.17, 15) is 4.79 Å². The second kappa shape index (κ2) is 7.77. The number of aromatic nitrogens is 1. The lowest BCUT2D eigenvalue weighted by molar-refractivity contribution is -0.137. The number of carbonyl (C=O) groups excluding carboxylic acids is 1. The molecule has 0 bridgehead atoms. The molecular formula is C18H22N2O3S. The molecule has 0 aliphatic carbocycles. The van der Waals surface area contributed by atoms with Crippen LogP contribution in [0.5, 0.6) is 5.75 Å². The van der Waals surface area contributed by atoms with Crippen LogP contribution in [0.4, 0.5) is 0 Å². The first-order valence-electron chi connectivity index (χ1n) is 8.22. The Morgan fingerprint density at radius 3 is 2.92 bits per heavy atom. The van der Waals surface area contributed by atoms with Crippen LogP contribution < -0.4 is 4.74 Å². The number of amides is 1. The maximum atomic E-state index is 12.4. The van der Waals surface area contributed by atoms with Crippen molar-refractivity contribution in [3.8, 4) is 16.3 Å². The van der Waals surface area contributed by atoms with Crippen molar-refractivity contribution >= 4 is 17.2 Å². The van der Waals surface area contributed by atoms with Gasteiger partial charge < -0.3 is 14.4 Å². The summed E-state index contributed by atoms with van der Waals surface area (Å²) in [6.07, 6.45) is 0.456. The van der Waals surface area contributed by atoms with Crippen molar-refractivity contribution in [2.75, 3.05) is 26.3 Å². The van der Waals surface area contributed by atoms with Gasteiger partial charge in [0.25, 0.3) is 0 Å². The van der Waals surface area contributed by atoms with Gasteiger partial charge in [-0.3, -0.25) is 4.79 Å². The van der Waals surface area contributed by atoms with Crippen LogP contribution in [0.3, 0.4) is 0 Å². The molecule has 1 fully saturated rings. The molecule has 0 spiro atoms. The van der Waals surface area contributed by atoms with Crippen LogP contribution in [-0.4, -0.2) is 48.2 Å². The summed E-state index contributed by atoms with van der Waals surface area (Å²) < 4.78 is 10.9. The summed E-state index contributed by atoms with van der Waals surface area (Å²) in [4.78, 5) is 18.9. The third-order valence-corrected chi connectivity index (χ3v) is 4.83. The zero-order chi connectivity index (χ0) is 16.9. The lowest BCUT2D eigenvalue weighted by Gasteiger charge is -2.31. The molecule has 2 heterocycles. The maximum absolute atomic E-state index is 12.4. The molecule has 5 nitrogen and oxygen atoms in total. The SMILES string of the molecule is CCOc1ccc(-c2nc(CC(=O)N3CCOC(C)C3)cs2)cc1. The first-order valence-corrected chi connectivity index (χ1v) is 9.10. The number of benzene rings is 1. The molecule has 0 saturated carbocycles. The molecule has 6 heteroatoms. The summed E-state index contributed by atoms with van der Waals surface area (Å²) in [5, 5.41) is 2.89. The van der Waals surface area contributed by atoms with E-state index < -0.39 is 0 Å². The molecule has 1 aliphatic heterocycles. The van der Waals surface area contributed by atoms with E-state index >= 15 is 0 Å². The van der Waals surface area contributed by atoms with Gasteiger partial charge in [0.1, 0.15) is 10.8 Å². The number of rotatable bonds is 5. The smallest absolute Gasteiger partial charge is 0.228 e. The van der Waals surface area contributed by atoms with E-state index in [0.717, 1.165) is 22.0 Å². The standard InChI is InChI=1S/C18H22N2O3S/c1-3-22-16-6-4-14(5-7-16)18-19-15(12-24-18)10-17(21)20-8-9-23-13(2)11-20/h4-7,12-13H,3,8-11H2,1-2H3. The highest BCUT2D eigenvalue weighted by atomic mass is 32.1. The van der Waals surface area contributed by atoms with E-state index in [0.29, 0.717) is 32.7 Å². The summed E-state index contributed by atoms with van der Waals surface area (Å²) in [5.74, 6) is 0.975. The molecule has 0 radical (unpaired) electrons. The van der Waals surface area contributed by atoms with Crippen LogP contribution >= 0.6 is 11.3 Å². The Morgan fingerprint density at radius 2 is 2.21 bits per heavy atom. The van der Waals surface area contributed by atoms with E-state index in [4.69, 9.17) is 9.47 Å².